The van der Waals surface area contributed by atoms with Gasteiger partial charge in [-0.25, -0.2) is 4.79 Å². The average Bonchev–Trinajstić information content (AvgIpc) is 2.73. The second kappa shape index (κ2) is 6.26. The van der Waals surface area contributed by atoms with Crippen molar-refractivity contribution in [2.24, 2.45) is 5.92 Å². The minimum atomic E-state index is -0.938. The molecule has 1 saturated heterocycles. The first-order valence-electron chi connectivity index (χ1n) is 7.39. The number of urea groups is 1. The van der Waals surface area contributed by atoms with Crippen LogP contribution in [-0.2, 0) is 4.79 Å². The highest BCUT2D eigenvalue weighted by molar-refractivity contribution is 6.30. The molecule has 2 unspecified atom stereocenters. The number of nitrogens with zero attached hydrogens (tertiary/aromatic N) is 1. The van der Waals surface area contributed by atoms with Gasteiger partial charge in [0.15, 0.2) is 0 Å². The van der Waals surface area contributed by atoms with Crippen LogP contribution in [0.25, 0.3) is 0 Å². The second-order valence-corrected chi connectivity index (χ2v) is 6.33. The van der Waals surface area contributed by atoms with Gasteiger partial charge in [-0.2, -0.15) is 0 Å². The number of rotatable bonds is 5. The number of aliphatic hydroxyl groups excluding tert-OH is 1. The molecule has 5 nitrogen and oxygen atoms in total. The third-order valence-electron chi connectivity index (χ3n) is 4.36. The van der Waals surface area contributed by atoms with Gasteiger partial charge in [0.05, 0.1) is 12.6 Å². The molecule has 2 rings (SSSR count). The summed E-state index contributed by atoms with van der Waals surface area (Å²) < 4.78 is 0. The molecule has 1 aromatic carbocycles. The highest BCUT2D eigenvalue weighted by Crippen LogP contribution is 2.30. The van der Waals surface area contributed by atoms with Gasteiger partial charge < -0.3 is 10.4 Å². The van der Waals surface area contributed by atoms with E-state index >= 15 is 0 Å². The van der Waals surface area contributed by atoms with Crippen LogP contribution in [0.1, 0.15) is 38.9 Å². The molecule has 0 bridgehead atoms. The normalized spacial score (nSPS) is 23.1. The maximum atomic E-state index is 12.6. The molecule has 1 aliphatic heterocycles. The molecule has 0 aliphatic carbocycles. The number of nitrogens with one attached hydrogen (secondary N) is 1. The summed E-state index contributed by atoms with van der Waals surface area (Å²) in [5, 5.41) is 13.6. The van der Waals surface area contributed by atoms with E-state index in [0.717, 1.165) is 4.90 Å². The summed E-state index contributed by atoms with van der Waals surface area (Å²) in [5.74, 6) is -0.297. The lowest BCUT2D eigenvalue weighted by molar-refractivity contribution is -0.134. The number of carbonyl (C=O) groups is 2. The Hall–Kier alpha value is -1.59. The first-order valence-corrected chi connectivity index (χ1v) is 7.77. The molecule has 120 valence electrons. The molecule has 0 spiro atoms. The first-order chi connectivity index (χ1) is 10.3. The summed E-state index contributed by atoms with van der Waals surface area (Å²) in [6, 6.07) is 6.24. The topological polar surface area (TPSA) is 69.6 Å². The van der Waals surface area contributed by atoms with Gasteiger partial charge in [0.2, 0.25) is 0 Å². The predicted octanol–water partition coefficient (Wildman–Crippen LogP) is 2.73. The van der Waals surface area contributed by atoms with E-state index in [9.17, 15) is 14.7 Å². The van der Waals surface area contributed by atoms with Crippen LogP contribution in [0.4, 0.5) is 4.79 Å². The van der Waals surface area contributed by atoms with Crippen molar-refractivity contribution in [2.45, 2.75) is 38.8 Å². The third-order valence-corrected chi connectivity index (χ3v) is 4.61. The van der Waals surface area contributed by atoms with Crippen molar-refractivity contribution in [3.05, 3.63) is 34.9 Å². The van der Waals surface area contributed by atoms with Gasteiger partial charge in [-0.05, 0) is 30.0 Å². The van der Waals surface area contributed by atoms with Crippen molar-refractivity contribution in [1.29, 1.82) is 0 Å². The fourth-order valence-corrected chi connectivity index (χ4v) is 2.94. The fourth-order valence-electron chi connectivity index (χ4n) is 2.81. The van der Waals surface area contributed by atoms with Crippen molar-refractivity contribution in [1.82, 2.24) is 10.2 Å². The molecule has 1 fully saturated rings. The monoisotopic (exact) mass is 324 g/mol. The number of halogens is 1. The summed E-state index contributed by atoms with van der Waals surface area (Å²) in [6.45, 7) is 5.61. The van der Waals surface area contributed by atoms with Gasteiger partial charge in [0.1, 0.15) is 5.54 Å². The predicted molar refractivity (Wildman–Crippen MR) is 84.5 cm³/mol. The van der Waals surface area contributed by atoms with Gasteiger partial charge in [0.25, 0.3) is 5.91 Å². The molecule has 0 aromatic heterocycles. The molecule has 1 aliphatic rings. The standard InChI is InChI=1S/C16H21ClN2O3/c1-4-16(10(2)3)14(21)19(15(22)18-16)9-13(20)11-5-7-12(17)8-6-11/h5-8,10,13,20H,4,9H2,1-3H3,(H,18,22). The lowest BCUT2D eigenvalue weighted by Gasteiger charge is -2.29. The second-order valence-electron chi connectivity index (χ2n) is 5.89. The van der Waals surface area contributed by atoms with Crippen molar-refractivity contribution >= 4 is 23.5 Å². The van der Waals surface area contributed by atoms with Crippen LogP contribution >= 0.6 is 11.6 Å². The van der Waals surface area contributed by atoms with Crippen LogP contribution < -0.4 is 5.32 Å². The van der Waals surface area contributed by atoms with E-state index < -0.39 is 17.7 Å². The average molecular weight is 325 g/mol. The fraction of sp³-hybridized carbons (Fsp3) is 0.500. The zero-order valence-electron chi connectivity index (χ0n) is 13.0. The number of amides is 3. The molecular weight excluding hydrogens is 304 g/mol. The van der Waals surface area contributed by atoms with Crippen LogP contribution in [0.5, 0.6) is 0 Å². The third kappa shape index (κ3) is 2.83. The molecule has 1 aromatic rings. The van der Waals surface area contributed by atoms with Crippen molar-refractivity contribution in [3.8, 4) is 0 Å². The van der Waals surface area contributed by atoms with Crippen LogP contribution in [0, 0.1) is 5.92 Å². The Morgan fingerprint density at radius 1 is 1.27 bits per heavy atom. The molecule has 2 N–H and O–H groups in total. The smallest absolute Gasteiger partial charge is 0.325 e. The van der Waals surface area contributed by atoms with E-state index in [-0.39, 0.29) is 18.4 Å². The number of hydrogen-bond donors (Lipinski definition) is 2. The molecule has 1 heterocycles. The van der Waals surface area contributed by atoms with E-state index in [2.05, 4.69) is 5.32 Å². The Bertz CT molecular complexity index is 573. The molecule has 2 atom stereocenters. The van der Waals surface area contributed by atoms with Crippen LogP contribution in [-0.4, -0.2) is 34.0 Å². The molecular formula is C16H21ClN2O3. The van der Waals surface area contributed by atoms with Gasteiger partial charge in [0, 0.05) is 5.02 Å². The maximum Gasteiger partial charge on any atom is 0.325 e. The Morgan fingerprint density at radius 2 is 1.86 bits per heavy atom. The van der Waals surface area contributed by atoms with Gasteiger partial charge in [-0.3, -0.25) is 9.69 Å². The number of hydrogen-bond acceptors (Lipinski definition) is 3. The lowest BCUT2D eigenvalue weighted by Crippen LogP contribution is -2.51. The molecule has 22 heavy (non-hydrogen) atoms. The lowest BCUT2D eigenvalue weighted by atomic mass is 9.84. The first kappa shape index (κ1) is 16.8. The Kier molecular flexibility index (Phi) is 4.78. The molecule has 6 heteroatoms. The SMILES string of the molecule is CCC1(C(C)C)NC(=O)N(CC(O)c2ccc(Cl)cc2)C1=O. The highest BCUT2D eigenvalue weighted by atomic mass is 35.5. The zero-order valence-corrected chi connectivity index (χ0v) is 13.7. The summed E-state index contributed by atoms with van der Waals surface area (Å²) in [5.41, 5.74) is -0.264. The van der Waals surface area contributed by atoms with Crippen LogP contribution in [0.3, 0.4) is 0 Å². The van der Waals surface area contributed by atoms with Gasteiger partial charge in [-0.1, -0.05) is 44.5 Å². The maximum absolute atomic E-state index is 12.6. The summed E-state index contributed by atoms with van der Waals surface area (Å²) >= 11 is 5.81. The van der Waals surface area contributed by atoms with Crippen molar-refractivity contribution in [3.63, 3.8) is 0 Å². The van der Waals surface area contributed by atoms with E-state index in [1.165, 1.54) is 0 Å². The summed E-state index contributed by atoms with van der Waals surface area (Å²) in [6.07, 6.45) is -0.422. The number of benzene rings is 1. The minimum absolute atomic E-state index is 0.0216. The highest BCUT2D eigenvalue weighted by Gasteiger charge is 2.52. The van der Waals surface area contributed by atoms with Crippen molar-refractivity contribution < 1.29 is 14.7 Å². The van der Waals surface area contributed by atoms with E-state index in [1.54, 1.807) is 24.3 Å². The van der Waals surface area contributed by atoms with E-state index in [1.807, 2.05) is 20.8 Å². The van der Waals surface area contributed by atoms with E-state index in [4.69, 9.17) is 11.6 Å². The number of aliphatic hydroxyl groups is 1. The molecule has 0 saturated carbocycles. The Morgan fingerprint density at radius 3 is 2.32 bits per heavy atom. The van der Waals surface area contributed by atoms with Crippen LogP contribution in [0.2, 0.25) is 5.02 Å². The minimum Gasteiger partial charge on any atom is -0.387 e. The number of β-amino-alcohol motifs (C(OH)–C–C–N with tert-alkyl or cyclic N) is 1. The quantitative estimate of drug-likeness (QED) is 0.818. The van der Waals surface area contributed by atoms with Gasteiger partial charge >= 0.3 is 6.03 Å². The molecule has 0 radical (unpaired) electrons. The number of imide groups is 1. The van der Waals surface area contributed by atoms with Gasteiger partial charge in [-0.15, -0.1) is 0 Å². The van der Waals surface area contributed by atoms with Crippen LogP contribution in [0.15, 0.2) is 24.3 Å². The molecule has 3 amide bonds. The largest absolute Gasteiger partial charge is 0.387 e. The summed E-state index contributed by atoms with van der Waals surface area (Å²) in [7, 11) is 0. The zero-order chi connectivity index (χ0) is 16.5. The van der Waals surface area contributed by atoms with E-state index in [0.29, 0.717) is 17.0 Å². The van der Waals surface area contributed by atoms with Crippen molar-refractivity contribution in [2.75, 3.05) is 6.54 Å². The number of carbonyl (C=O) groups excluding carboxylic acids is 2. The summed E-state index contributed by atoms with van der Waals surface area (Å²) in [4.78, 5) is 25.9. The Balaban J connectivity index is 2.17. The Labute approximate surface area is 135 Å².